The molecule has 2 aromatic rings. The number of para-hydroxylation sites is 1. The van der Waals surface area contributed by atoms with Crippen LogP contribution in [0.1, 0.15) is 10.5 Å². The minimum absolute atomic E-state index is 0.338. The molecule has 0 atom stereocenters. The van der Waals surface area contributed by atoms with Crippen LogP contribution >= 0.6 is 0 Å². The molecule has 0 saturated heterocycles. The van der Waals surface area contributed by atoms with Crippen LogP contribution in [-0.4, -0.2) is 34.6 Å². The number of carboxylic acids is 1. The summed E-state index contributed by atoms with van der Waals surface area (Å²) in [5.74, 6) is -1.38. The Labute approximate surface area is 116 Å². The van der Waals surface area contributed by atoms with E-state index in [-0.39, 0.29) is 5.69 Å². The first-order chi connectivity index (χ1) is 9.64. The summed E-state index contributed by atoms with van der Waals surface area (Å²) in [4.78, 5) is 13.2. The maximum Gasteiger partial charge on any atom is 0.501 e. The molecule has 0 amide bonds. The molecule has 0 unspecified atom stereocenters. The fraction of sp³-hybridized carbons (Fsp3) is 0.0909. The summed E-state index contributed by atoms with van der Waals surface area (Å²) in [5, 5.41) is 8.73. The van der Waals surface area contributed by atoms with Crippen LogP contribution in [0.5, 0.6) is 0 Å². The van der Waals surface area contributed by atoms with Gasteiger partial charge >= 0.3 is 11.5 Å². The summed E-state index contributed by atoms with van der Waals surface area (Å²) in [7, 11) is -5.56. The third kappa shape index (κ3) is 2.61. The average Bonchev–Trinajstić information content (AvgIpc) is 2.87. The number of hydrogen-bond donors (Lipinski definition) is 1. The number of alkyl halides is 3. The van der Waals surface area contributed by atoms with E-state index in [1.807, 2.05) is 0 Å². The molecule has 0 saturated carbocycles. The second-order valence-electron chi connectivity index (χ2n) is 3.89. The van der Waals surface area contributed by atoms with Gasteiger partial charge in [-0.05, 0) is 12.1 Å². The van der Waals surface area contributed by atoms with Crippen molar-refractivity contribution in [1.29, 1.82) is 0 Å². The average molecular weight is 320 g/mol. The van der Waals surface area contributed by atoms with Crippen molar-refractivity contribution >= 4 is 15.8 Å². The van der Waals surface area contributed by atoms with E-state index in [1.165, 1.54) is 6.07 Å². The largest absolute Gasteiger partial charge is 0.501 e. The molecule has 1 N–H and O–H groups in total. The van der Waals surface area contributed by atoms with E-state index in [0.29, 0.717) is 0 Å². The van der Waals surface area contributed by atoms with Gasteiger partial charge in [0.2, 0.25) is 0 Å². The third-order valence-electron chi connectivity index (χ3n) is 2.54. The van der Waals surface area contributed by atoms with Crippen LogP contribution in [0.2, 0.25) is 0 Å². The lowest BCUT2D eigenvalue weighted by atomic mass is 10.3. The van der Waals surface area contributed by atoms with E-state index in [4.69, 9.17) is 5.11 Å². The number of aromatic carboxylic acids is 1. The zero-order valence-electron chi connectivity index (χ0n) is 10.1. The first-order valence-electron chi connectivity index (χ1n) is 5.32. The number of hydrogen-bond acceptors (Lipinski definition) is 4. The fourth-order valence-corrected chi connectivity index (χ4v) is 2.54. The van der Waals surface area contributed by atoms with Crippen molar-refractivity contribution in [3.05, 3.63) is 42.5 Å². The van der Waals surface area contributed by atoms with E-state index in [0.717, 1.165) is 35.3 Å². The molecule has 0 aliphatic heterocycles. The number of benzene rings is 1. The molecule has 10 heteroatoms. The minimum atomic E-state index is -5.56. The van der Waals surface area contributed by atoms with Crippen LogP contribution < -0.4 is 0 Å². The van der Waals surface area contributed by atoms with E-state index < -0.39 is 31.9 Å². The van der Waals surface area contributed by atoms with Crippen molar-refractivity contribution in [2.45, 2.75) is 10.4 Å². The predicted molar refractivity (Wildman–Crippen MR) is 63.8 cm³/mol. The molecule has 6 nitrogen and oxygen atoms in total. The normalized spacial score (nSPS) is 12.3. The molecule has 1 aromatic carbocycles. The molecule has 112 valence electrons. The van der Waals surface area contributed by atoms with Crippen LogP contribution in [0.25, 0.3) is 5.69 Å². The molecular weight excluding hydrogens is 313 g/mol. The smallest absolute Gasteiger partial charge is 0.476 e. The van der Waals surface area contributed by atoms with Crippen LogP contribution in [-0.2, 0) is 9.84 Å². The quantitative estimate of drug-likeness (QED) is 0.932. The molecule has 0 bridgehead atoms. The summed E-state index contributed by atoms with van der Waals surface area (Å²) in [6, 6.07) is 4.37. The Morgan fingerprint density at radius 3 is 2.38 bits per heavy atom. The molecule has 2 rings (SSSR count). The van der Waals surface area contributed by atoms with Gasteiger partial charge in [-0.2, -0.15) is 13.2 Å². The van der Waals surface area contributed by atoms with Crippen molar-refractivity contribution in [2.24, 2.45) is 0 Å². The minimum Gasteiger partial charge on any atom is -0.476 e. The van der Waals surface area contributed by atoms with Gasteiger partial charge in [-0.25, -0.2) is 18.2 Å². The number of aromatic nitrogens is 2. The highest BCUT2D eigenvalue weighted by atomic mass is 32.2. The number of rotatable bonds is 3. The maximum absolute atomic E-state index is 12.6. The number of carbonyl (C=O) groups is 1. The van der Waals surface area contributed by atoms with Crippen molar-refractivity contribution in [2.75, 3.05) is 0 Å². The Kier molecular flexibility index (Phi) is 3.49. The van der Waals surface area contributed by atoms with Gasteiger partial charge in [-0.3, -0.25) is 0 Å². The standard InChI is InChI=1S/C11H7F3N2O4S/c12-11(13,14)21(19,20)9-4-2-1-3-8(9)16-5-7(10(17)18)15-6-16/h1-6H,(H,17,18). The van der Waals surface area contributed by atoms with Gasteiger partial charge in [-0.15, -0.1) is 0 Å². The van der Waals surface area contributed by atoms with Crippen LogP contribution in [0.15, 0.2) is 41.7 Å². The molecule has 21 heavy (non-hydrogen) atoms. The summed E-state index contributed by atoms with van der Waals surface area (Å²) in [6.07, 6.45) is 1.85. The second kappa shape index (κ2) is 4.88. The van der Waals surface area contributed by atoms with Crippen molar-refractivity contribution in [3.63, 3.8) is 0 Å². The van der Waals surface area contributed by atoms with Gasteiger partial charge in [0.05, 0.1) is 5.69 Å². The predicted octanol–water partition coefficient (Wildman–Crippen LogP) is 1.86. The Balaban J connectivity index is 2.64. The zero-order chi connectivity index (χ0) is 15.8. The lowest BCUT2D eigenvalue weighted by Gasteiger charge is -2.12. The lowest BCUT2D eigenvalue weighted by Crippen LogP contribution is -2.24. The van der Waals surface area contributed by atoms with Gasteiger partial charge in [0.1, 0.15) is 11.2 Å². The summed E-state index contributed by atoms with van der Waals surface area (Å²) >= 11 is 0. The Bertz CT molecular complexity index is 796. The van der Waals surface area contributed by atoms with Crippen LogP contribution in [0.3, 0.4) is 0 Å². The van der Waals surface area contributed by atoms with E-state index in [1.54, 1.807) is 0 Å². The zero-order valence-corrected chi connectivity index (χ0v) is 10.9. The Morgan fingerprint density at radius 2 is 1.86 bits per heavy atom. The van der Waals surface area contributed by atoms with Gasteiger partial charge in [-0.1, -0.05) is 12.1 Å². The van der Waals surface area contributed by atoms with E-state index in [9.17, 15) is 26.4 Å². The van der Waals surface area contributed by atoms with Crippen LogP contribution in [0, 0.1) is 0 Å². The summed E-state index contributed by atoms with van der Waals surface area (Å²) in [5.41, 5.74) is -6.22. The molecule has 0 spiro atoms. The first kappa shape index (κ1) is 15.0. The molecule has 1 aromatic heterocycles. The molecule has 0 aliphatic rings. The van der Waals surface area contributed by atoms with Crippen molar-refractivity contribution < 1.29 is 31.5 Å². The Hall–Kier alpha value is -2.36. The number of halogens is 3. The number of imidazole rings is 1. The molecular formula is C11H7F3N2O4S. The van der Waals surface area contributed by atoms with E-state index in [2.05, 4.69) is 4.98 Å². The van der Waals surface area contributed by atoms with Crippen LogP contribution in [0.4, 0.5) is 13.2 Å². The maximum atomic E-state index is 12.6. The highest BCUT2D eigenvalue weighted by Crippen LogP contribution is 2.33. The third-order valence-corrected chi connectivity index (χ3v) is 4.07. The van der Waals surface area contributed by atoms with Gasteiger partial charge in [0, 0.05) is 6.20 Å². The van der Waals surface area contributed by atoms with Gasteiger partial charge < -0.3 is 9.67 Å². The summed E-state index contributed by atoms with van der Waals surface area (Å²) < 4.78 is 61.9. The van der Waals surface area contributed by atoms with E-state index >= 15 is 0 Å². The lowest BCUT2D eigenvalue weighted by molar-refractivity contribution is -0.0436. The first-order valence-corrected chi connectivity index (χ1v) is 6.81. The highest BCUT2D eigenvalue weighted by Gasteiger charge is 2.48. The molecule has 0 fully saturated rings. The number of nitrogens with zero attached hydrogens (tertiary/aromatic N) is 2. The summed E-state index contributed by atoms with van der Waals surface area (Å²) in [6.45, 7) is 0. The molecule has 0 radical (unpaired) electrons. The topological polar surface area (TPSA) is 89.3 Å². The van der Waals surface area contributed by atoms with Crippen molar-refractivity contribution in [1.82, 2.24) is 9.55 Å². The SMILES string of the molecule is O=C(O)c1cn(-c2ccccc2S(=O)(=O)C(F)(F)F)cn1. The molecule has 1 heterocycles. The Morgan fingerprint density at radius 1 is 1.24 bits per heavy atom. The number of carboxylic acid groups (broad SMARTS) is 1. The van der Waals surface area contributed by atoms with Crippen molar-refractivity contribution in [3.8, 4) is 5.69 Å². The molecule has 0 aliphatic carbocycles. The fourth-order valence-electron chi connectivity index (χ4n) is 1.59. The second-order valence-corrected chi connectivity index (χ2v) is 5.80. The number of sulfone groups is 1. The highest BCUT2D eigenvalue weighted by molar-refractivity contribution is 7.92. The monoisotopic (exact) mass is 320 g/mol. The van der Waals surface area contributed by atoms with Gasteiger partial charge in [0.25, 0.3) is 9.84 Å². The van der Waals surface area contributed by atoms with Gasteiger partial charge in [0.15, 0.2) is 5.69 Å².